The SMILES string of the molecule is C[C@@H]1C[C@@H](c2ccccc2)CN1Cc1ccc(CO)o1. The topological polar surface area (TPSA) is 36.6 Å². The summed E-state index contributed by atoms with van der Waals surface area (Å²) >= 11 is 0. The van der Waals surface area contributed by atoms with Crippen LogP contribution in [0.15, 0.2) is 46.9 Å². The van der Waals surface area contributed by atoms with E-state index in [-0.39, 0.29) is 6.61 Å². The molecule has 0 amide bonds. The van der Waals surface area contributed by atoms with E-state index in [4.69, 9.17) is 9.52 Å². The van der Waals surface area contributed by atoms with Gasteiger partial charge in [-0.25, -0.2) is 0 Å². The molecule has 1 saturated heterocycles. The molecule has 1 aliphatic heterocycles. The lowest BCUT2D eigenvalue weighted by Crippen LogP contribution is -2.26. The lowest BCUT2D eigenvalue weighted by molar-refractivity contribution is 0.215. The summed E-state index contributed by atoms with van der Waals surface area (Å²) < 4.78 is 5.59. The summed E-state index contributed by atoms with van der Waals surface area (Å²) in [6, 6.07) is 15.1. The number of nitrogens with zero attached hydrogens (tertiary/aromatic N) is 1. The molecule has 2 atom stereocenters. The maximum absolute atomic E-state index is 9.05. The first kappa shape index (κ1) is 13.4. The highest BCUT2D eigenvalue weighted by Crippen LogP contribution is 2.32. The predicted molar refractivity (Wildman–Crippen MR) is 78.3 cm³/mol. The molecule has 20 heavy (non-hydrogen) atoms. The van der Waals surface area contributed by atoms with E-state index < -0.39 is 0 Å². The molecule has 0 unspecified atom stereocenters. The van der Waals surface area contributed by atoms with Gasteiger partial charge in [0.05, 0.1) is 6.54 Å². The van der Waals surface area contributed by atoms with E-state index in [1.165, 1.54) is 12.0 Å². The molecular weight excluding hydrogens is 250 g/mol. The summed E-state index contributed by atoms with van der Waals surface area (Å²) in [6.45, 7) is 4.14. The molecule has 3 heteroatoms. The number of rotatable bonds is 4. The van der Waals surface area contributed by atoms with Crippen LogP contribution >= 0.6 is 0 Å². The fourth-order valence-corrected chi connectivity index (χ4v) is 3.08. The Morgan fingerprint density at radius 2 is 1.90 bits per heavy atom. The summed E-state index contributed by atoms with van der Waals surface area (Å²) in [6.07, 6.45) is 1.19. The first-order valence-electron chi connectivity index (χ1n) is 7.23. The molecule has 106 valence electrons. The summed E-state index contributed by atoms with van der Waals surface area (Å²) in [7, 11) is 0. The summed E-state index contributed by atoms with van der Waals surface area (Å²) in [5, 5.41) is 9.05. The third-order valence-electron chi connectivity index (χ3n) is 4.21. The minimum absolute atomic E-state index is 0.0256. The molecule has 1 aromatic carbocycles. The maximum atomic E-state index is 9.05. The molecule has 1 N–H and O–H groups in total. The largest absolute Gasteiger partial charge is 0.462 e. The number of aliphatic hydroxyl groups excluding tert-OH is 1. The standard InChI is InChI=1S/C17H21NO2/c1-13-9-15(14-5-3-2-4-6-14)10-18(13)11-16-7-8-17(12-19)20-16/h2-8,13,15,19H,9-12H2,1H3/t13-,15-/m1/s1. The van der Waals surface area contributed by atoms with Gasteiger partial charge in [0.15, 0.2) is 0 Å². The number of hydrogen-bond donors (Lipinski definition) is 1. The van der Waals surface area contributed by atoms with E-state index in [1.807, 2.05) is 12.1 Å². The van der Waals surface area contributed by atoms with Crippen LogP contribution in [-0.2, 0) is 13.2 Å². The number of hydrogen-bond acceptors (Lipinski definition) is 3. The van der Waals surface area contributed by atoms with Gasteiger partial charge in [-0.3, -0.25) is 4.90 Å². The Balaban J connectivity index is 1.66. The van der Waals surface area contributed by atoms with Crippen molar-refractivity contribution in [2.45, 2.75) is 38.5 Å². The van der Waals surface area contributed by atoms with Gasteiger partial charge in [0.2, 0.25) is 0 Å². The van der Waals surface area contributed by atoms with Gasteiger partial charge < -0.3 is 9.52 Å². The van der Waals surface area contributed by atoms with Crippen LogP contribution in [0.5, 0.6) is 0 Å². The van der Waals surface area contributed by atoms with Crippen LogP contribution in [0, 0.1) is 0 Å². The van der Waals surface area contributed by atoms with Gasteiger partial charge in [0.1, 0.15) is 18.1 Å². The van der Waals surface area contributed by atoms with Crippen molar-refractivity contribution in [1.29, 1.82) is 0 Å². The van der Waals surface area contributed by atoms with Crippen molar-refractivity contribution in [1.82, 2.24) is 4.90 Å². The Hall–Kier alpha value is -1.58. The monoisotopic (exact) mass is 271 g/mol. The average molecular weight is 271 g/mol. The highest BCUT2D eigenvalue weighted by atomic mass is 16.4. The molecule has 0 aliphatic carbocycles. The quantitative estimate of drug-likeness (QED) is 0.928. The normalized spacial score (nSPS) is 23.3. The molecule has 0 bridgehead atoms. The second kappa shape index (κ2) is 5.81. The van der Waals surface area contributed by atoms with Crippen LogP contribution in [-0.4, -0.2) is 22.6 Å². The zero-order valence-corrected chi connectivity index (χ0v) is 11.8. The van der Waals surface area contributed by atoms with Gasteiger partial charge in [-0.1, -0.05) is 30.3 Å². The van der Waals surface area contributed by atoms with Crippen molar-refractivity contribution in [3.8, 4) is 0 Å². The van der Waals surface area contributed by atoms with Gasteiger partial charge in [0, 0.05) is 12.6 Å². The minimum Gasteiger partial charge on any atom is -0.462 e. The van der Waals surface area contributed by atoms with Crippen LogP contribution in [0.25, 0.3) is 0 Å². The molecule has 2 aromatic rings. The van der Waals surface area contributed by atoms with Crippen LogP contribution in [0.2, 0.25) is 0 Å². The zero-order chi connectivity index (χ0) is 13.9. The first-order chi connectivity index (χ1) is 9.76. The minimum atomic E-state index is -0.0256. The van der Waals surface area contributed by atoms with Crippen LogP contribution in [0.4, 0.5) is 0 Å². The van der Waals surface area contributed by atoms with Crippen LogP contribution < -0.4 is 0 Å². The highest BCUT2D eigenvalue weighted by Gasteiger charge is 2.30. The van der Waals surface area contributed by atoms with E-state index >= 15 is 0 Å². The van der Waals surface area contributed by atoms with Crippen molar-refractivity contribution in [2.24, 2.45) is 0 Å². The smallest absolute Gasteiger partial charge is 0.129 e. The zero-order valence-electron chi connectivity index (χ0n) is 11.8. The van der Waals surface area contributed by atoms with Crippen molar-refractivity contribution in [3.05, 3.63) is 59.5 Å². The third kappa shape index (κ3) is 2.79. The van der Waals surface area contributed by atoms with E-state index in [0.29, 0.717) is 17.7 Å². The Labute approximate surface area is 119 Å². The van der Waals surface area contributed by atoms with Crippen molar-refractivity contribution >= 4 is 0 Å². The molecular formula is C17H21NO2. The molecule has 3 nitrogen and oxygen atoms in total. The number of aliphatic hydroxyl groups is 1. The Morgan fingerprint density at radius 1 is 1.15 bits per heavy atom. The molecule has 1 aliphatic rings. The third-order valence-corrected chi connectivity index (χ3v) is 4.21. The van der Waals surface area contributed by atoms with Gasteiger partial charge in [-0.2, -0.15) is 0 Å². The first-order valence-corrected chi connectivity index (χ1v) is 7.23. The fraction of sp³-hybridized carbons (Fsp3) is 0.412. The molecule has 3 rings (SSSR count). The lowest BCUT2D eigenvalue weighted by atomic mass is 9.97. The number of likely N-dealkylation sites (tertiary alicyclic amines) is 1. The molecule has 1 aromatic heterocycles. The van der Waals surface area contributed by atoms with Gasteiger partial charge in [-0.15, -0.1) is 0 Å². The van der Waals surface area contributed by atoms with Gasteiger partial charge in [0.25, 0.3) is 0 Å². The van der Waals surface area contributed by atoms with Gasteiger partial charge in [-0.05, 0) is 37.0 Å². The van der Waals surface area contributed by atoms with Crippen LogP contribution in [0.1, 0.15) is 36.3 Å². The molecule has 0 saturated carbocycles. The molecule has 0 spiro atoms. The van der Waals surface area contributed by atoms with Crippen molar-refractivity contribution in [3.63, 3.8) is 0 Å². The van der Waals surface area contributed by atoms with E-state index in [0.717, 1.165) is 18.8 Å². The molecule has 1 fully saturated rings. The Kier molecular flexibility index (Phi) is 3.90. The van der Waals surface area contributed by atoms with E-state index in [2.05, 4.69) is 42.2 Å². The second-order valence-corrected chi connectivity index (χ2v) is 5.65. The number of benzene rings is 1. The Morgan fingerprint density at radius 3 is 2.60 bits per heavy atom. The number of furan rings is 1. The van der Waals surface area contributed by atoms with E-state index in [9.17, 15) is 0 Å². The highest BCUT2D eigenvalue weighted by molar-refractivity contribution is 5.21. The second-order valence-electron chi connectivity index (χ2n) is 5.65. The lowest BCUT2D eigenvalue weighted by Gasteiger charge is -2.19. The molecule has 0 radical (unpaired) electrons. The maximum Gasteiger partial charge on any atom is 0.129 e. The fourth-order valence-electron chi connectivity index (χ4n) is 3.08. The predicted octanol–water partition coefficient (Wildman–Crippen LogP) is 3.15. The summed E-state index contributed by atoms with van der Waals surface area (Å²) in [4.78, 5) is 2.46. The van der Waals surface area contributed by atoms with Gasteiger partial charge >= 0.3 is 0 Å². The summed E-state index contributed by atoms with van der Waals surface area (Å²) in [5.74, 6) is 2.19. The van der Waals surface area contributed by atoms with Crippen molar-refractivity contribution < 1.29 is 9.52 Å². The average Bonchev–Trinajstić information content (AvgIpc) is 3.08. The summed E-state index contributed by atoms with van der Waals surface area (Å²) in [5.41, 5.74) is 1.43. The van der Waals surface area contributed by atoms with Crippen LogP contribution in [0.3, 0.4) is 0 Å². The van der Waals surface area contributed by atoms with E-state index in [1.54, 1.807) is 0 Å². The van der Waals surface area contributed by atoms with Crippen molar-refractivity contribution in [2.75, 3.05) is 6.54 Å². The Bertz CT molecular complexity index is 549. The molecule has 2 heterocycles.